The van der Waals surface area contributed by atoms with E-state index >= 15 is 0 Å². The molecule has 1 atom stereocenters. The fourth-order valence-corrected chi connectivity index (χ4v) is 2.39. The van der Waals surface area contributed by atoms with Gasteiger partial charge in [0.25, 0.3) is 0 Å². The number of aromatic nitrogens is 3. The number of hydrogen-bond acceptors (Lipinski definition) is 4. The molecule has 1 aromatic heterocycles. The van der Waals surface area contributed by atoms with E-state index in [2.05, 4.69) is 15.2 Å². The molecule has 2 rings (SSSR count). The highest BCUT2D eigenvalue weighted by molar-refractivity contribution is 4.89. The molecule has 0 bridgehead atoms. The second kappa shape index (κ2) is 6.07. The number of aliphatic hydroxyl groups is 1. The number of hydrogen-bond donors (Lipinski definition) is 1. The van der Waals surface area contributed by atoms with Crippen LogP contribution in [0.2, 0.25) is 0 Å². The molecule has 0 amide bonds. The Morgan fingerprint density at radius 1 is 1.53 bits per heavy atom. The van der Waals surface area contributed by atoms with Gasteiger partial charge in [-0.3, -0.25) is 4.68 Å². The summed E-state index contributed by atoms with van der Waals surface area (Å²) in [6.07, 6.45) is 4.04. The van der Waals surface area contributed by atoms with Crippen LogP contribution in [0.3, 0.4) is 0 Å². The van der Waals surface area contributed by atoms with Crippen LogP contribution in [-0.4, -0.2) is 51.3 Å². The van der Waals surface area contributed by atoms with Crippen molar-refractivity contribution in [2.45, 2.75) is 26.0 Å². The molecule has 0 spiro atoms. The van der Waals surface area contributed by atoms with Gasteiger partial charge in [-0.05, 0) is 25.3 Å². The van der Waals surface area contributed by atoms with Gasteiger partial charge in [0.2, 0.25) is 0 Å². The summed E-state index contributed by atoms with van der Waals surface area (Å²) in [6.45, 7) is 2.92. The summed E-state index contributed by atoms with van der Waals surface area (Å²) in [6, 6.07) is 0. The van der Waals surface area contributed by atoms with Crippen LogP contribution in [0.25, 0.3) is 0 Å². The number of nitrogens with zero attached hydrogens (tertiary/aromatic N) is 4. The van der Waals surface area contributed by atoms with E-state index in [9.17, 15) is 4.39 Å². The highest BCUT2D eigenvalue weighted by Gasteiger charge is 2.20. The largest absolute Gasteiger partial charge is 0.390 e. The number of likely N-dealkylation sites (tertiary alicyclic amines) is 1. The van der Waals surface area contributed by atoms with E-state index in [1.807, 2.05) is 0 Å². The molecule has 0 aliphatic carbocycles. The molecule has 5 nitrogen and oxygen atoms in total. The second-order valence-corrected chi connectivity index (χ2v) is 4.59. The molecule has 1 aliphatic rings. The Kier molecular flexibility index (Phi) is 4.44. The van der Waals surface area contributed by atoms with Crippen molar-refractivity contribution in [2.75, 3.05) is 26.3 Å². The standard InChI is InChI=1S/C11H19FN4O/c12-3-5-15-4-1-2-10(6-15)7-16-8-11(9-17)13-14-16/h8,10,17H,1-7,9H2. The number of aliphatic hydroxyl groups excluding tert-OH is 1. The summed E-state index contributed by atoms with van der Waals surface area (Å²) < 4.78 is 14.1. The predicted molar refractivity (Wildman–Crippen MR) is 61.1 cm³/mol. The first-order valence-corrected chi connectivity index (χ1v) is 6.10. The molecule has 96 valence electrons. The van der Waals surface area contributed by atoms with Gasteiger partial charge in [-0.1, -0.05) is 5.21 Å². The minimum absolute atomic E-state index is 0.0708. The smallest absolute Gasteiger partial charge is 0.108 e. The summed E-state index contributed by atoms with van der Waals surface area (Å²) in [5, 5.41) is 16.7. The molecule has 1 aromatic rings. The molecule has 1 unspecified atom stereocenters. The van der Waals surface area contributed by atoms with Crippen molar-refractivity contribution in [1.82, 2.24) is 19.9 Å². The third-order valence-corrected chi connectivity index (χ3v) is 3.20. The van der Waals surface area contributed by atoms with Gasteiger partial charge in [0, 0.05) is 19.6 Å². The molecular weight excluding hydrogens is 223 g/mol. The Hall–Kier alpha value is -1.01. The third-order valence-electron chi connectivity index (χ3n) is 3.20. The van der Waals surface area contributed by atoms with E-state index < -0.39 is 0 Å². The molecule has 17 heavy (non-hydrogen) atoms. The second-order valence-electron chi connectivity index (χ2n) is 4.59. The zero-order valence-corrected chi connectivity index (χ0v) is 9.93. The fraction of sp³-hybridized carbons (Fsp3) is 0.818. The zero-order valence-electron chi connectivity index (χ0n) is 9.93. The van der Waals surface area contributed by atoms with Crippen molar-refractivity contribution >= 4 is 0 Å². The van der Waals surface area contributed by atoms with Gasteiger partial charge in [0.1, 0.15) is 12.4 Å². The summed E-state index contributed by atoms with van der Waals surface area (Å²) in [5.74, 6) is 0.503. The fourth-order valence-electron chi connectivity index (χ4n) is 2.39. The van der Waals surface area contributed by atoms with E-state index in [0.717, 1.165) is 32.5 Å². The minimum Gasteiger partial charge on any atom is -0.390 e. The maximum atomic E-state index is 12.3. The van der Waals surface area contributed by atoms with Crippen LogP contribution >= 0.6 is 0 Å². The maximum Gasteiger partial charge on any atom is 0.108 e. The van der Waals surface area contributed by atoms with Crippen LogP contribution in [0.1, 0.15) is 18.5 Å². The highest BCUT2D eigenvalue weighted by Crippen LogP contribution is 2.17. The summed E-state index contributed by atoms with van der Waals surface area (Å²) in [4.78, 5) is 2.16. The number of alkyl halides is 1. The lowest BCUT2D eigenvalue weighted by Gasteiger charge is -2.31. The van der Waals surface area contributed by atoms with Crippen molar-refractivity contribution in [1.29, 1.82) is 0 Å². The molecule has 1 N–H and O–H groups in total. The normalized spacial score (nSPS) is 21.9. The first kappa shape index (κ1) is 12.4. The quantitative estimate of drug-likeness (QED) is 0.814. The number of piperidine rings is 1. The lowest BCUT2D eigenvalue weighted by Crippen LogP contribution is -2.38. The Labute approximate surface area is 100 Å². The Balaban J connectivity index is 1.85. The van der Waals surface area contributed by atoms with Crippen molar-refractivity contribution in [3.05, 3.63) is 11.9 Å². The van der Waals surface area contributed by atoms with Gasteiger partial charge in [-0.25, -0.2) is 4.39 Å². The summed E-state index contributed by atoms with van der Waals surface area (Å²) in [5.41, 5.74) is 0.599. The molecule has 0 radical (unpaired) electrons. The van der Waals surface area contributed by atoms with E-state index in [-0.39, 0.29) is 13.3 Å². The topological polar surface area (TPSA) is 54.2 Å². The lowest BCUT2D eigenvalue weighted by atomic mass is 9.98. The molecule has 1 fully saturated rings. The molecular formula is C11H19FN4O. The van der Waals surface area contributed by atoms with Crippen molar-refractivity contribution in [2.24, 2.45) is 5.92 Å². The van der Waals surface area contributed by atoms with Gasteiger partial charge in [0.05, 0.1) is 12.8 Å². The average Bonchev–Trinajstić information content (AvgIpc) is 2.78. The molecule has 0 aromatic carbocycles. The van der Waals surface area contributed by atoms with E-state index in [1.165, 1.54) is 0 Å². The Morgan fingerprint density at radius 2 is 2.41 bits per heavy atom. The van der Waals surface area contributed by atoms with Gasteiger partial charge >= 0.3 is 0 Å². The monoisotopic (exact) mass is 242 g/mol. The van der Waals surface area contributed by atoms with Crippen molar-refractivity contribution in [3.63, 3.8) is 0 Å². The third kappa shape index (κ3) is 3.47. The van der Waals surface area contributed by atoms with Crippen LogP contribution in [0.4, 0.5) is 4.39 Å². The molecule has 2 heterocycles. The SMILES string of the molecule is OCc1cn(CC2CCCN(CCF)C2)nn1. The summed E-state index contributed by atoms with van der Waals surface area (Å²) in [7, 11) is 0. The minimum atomic E-state index is -0.273. The molecule has 0 saturated carbocycles. The van der Waals surface area contributed by atoms with Crippen LogP contribution in [0.5, 0.6) is 0 Å². The van der Waals surface area contributed by atoms with Crippen LogP contribution in [0, 0.1) is 5.92 Å². The van der Waals surface area contributed by atoms with Gasteiger partial charge < -0.3 is 10.0 Å². The summed E-state index contributed by atoms with van der Waals surface area (Å²) >= 11 is 0. The zero-order chi connectivity index (χ0) is 12.1. The van der Waals surface area contributed by atoms with E-state index in [1.54, 1.807) is 10.9 Å². The predicted octanol–water partition coefficient (Wildman–Crippen LogP) is 0.452. The maximum absolute atomic E-state index is 12.3. The van der Waals surface area contributed by atoms with Crippen LogP contribution in [-0.2, 0) is 13.2 Å². The first-order valence-electron chi connectivity index (χ1n) is 6.10. The Bertz CT molecular complexity index is 342. The first-order chi connectivity index (χ1) is 8.31. The number of rotatable bonds is 5. The average molecular weight is 242 g/mol. The van der Waals surface area contributed by atoms with Gasteiger partial charge in [0.15, 0.2) is 0 Å². The van der Waals surface area contributed by atoms with Crippen LogP contribution in [0.15, 0.2) is 6.20 Å². The highest BCUT2D eigenvalue weighted by atomic mass is 19.1. The van der Waals surface area contributed by atoms with E-state index in [0.29, 0.717) is 18.2 Å². The van der Waals surface area contributed by atoms with Crippen molar-refractivity contribution < 1.29 is 9.50 Å². The van der Waals surface area contributed by atoms with Crippen LogP contribution < -0.4 is 0 Å². The van der Waals surface area contributed by atoms with E-state index in [4.69, 9.17) is 5.11 Å². The van der Waals surface area contributed by atoms with Gasteiger partial charge in [-0.15, -0.1) is 5.10 Å². The molecule has 1 saturated heterocycles. The Morgan fingerprint density at radius 3 is 3.12 bits per heavy atom. The lowest BCUT2D eigenvalue weighted by molar-refractivity contribution is 0.150. The number of halogens is 1. The van der Waals surface area contributed by atoms with Gasteiger partial charge in [-0.2, -0.15) is 0 Å². The molecule has 6 heteroatoms. The molecule has 1 aliphatic heterocycles. The van der Waals surface area contributed by atoms with Crippen molar-refractivity contribution in [3.8, 4) is 0 Å².